The van der Waals surface area contributed by atoms with E-state index in [1.165, 1.54) is 22.7 Å². The lowest BCUT2D eigenvalue weighted by molar-refractivity contribution is 0.102. The molecule has 2 aromatic heterocycles. The topological polar surface area (TPSA) is 86.6 Å². The predicted octanol–water partition coefficient (Wildman–Crippen LogP) is 4.51. The average Bonchev–Trinajstić information content (AvgIpc) is 3.15. The number of phenols is 1. The van der Waals surface area contributed by atoms with Gasteiger partial charge >= 0.3 is 0 Å². The Kier molecular flexibility index (Phi) is 5.13. The van der Waals surface area contributed by atoms with Crippen molar-refractivity contribution in [2.45, 2.75) is 57.8 Å². The normalized spacial score (nSPS) is 16.0. The summed E-state index contributed by atoms with van der Waals surface area (Å²) in [6.07, 6.45) is 8.76. The third-order valence-electron chi connectivity index (χ3n) is 6.28. The van der Waals surface area contributed by atoms with E-state index in [9.17, 15) is 19.1 Å². The number of anilines is 1. The first-order valence-electron chi connectivity index (χ1n) is 10.4. The molecule has 0 spiro atoms. The summed E-state index contributed by atoms with van der Waals surface area (Å²) in [5.41, 5.74) is 1.06. The molecule has 1 aliphatic rings. The van der Waals surface area contributed by atoms with E-state index in [4.69, 9.17) is 0 Å². The minimum absolute atomic E-state index is 0.0431. The maximum Gasteiger partial charge on any atom is 0.270 e. The third kappa shape index (κ3) is 3.49. The molecule has 0 saturated heterocycles. The minimum atomic E-state index is -0.736. The first-order chi connectivity index (χ1) is 14.3. The van der Waals surface area contributed by atoms with Crippen molar-refractivity contribution in [2.24, 2.45) is 0 Å². The monoisotopic (exact) mass is 411 g/mol. The molecule has 1 fully saturated rings. The molecule has 4 rings (SSSR count). The van der Waals surface area contributed by atoms with Crippen LogP contribution in [-0.4, -0.2) is 20.4 Å². The Morgan fingerprint density at radius 1 is 1.27 bits per heavy atom. The molecule has 2 heterocycles. The Bertz CT molecular complexity index is 1170. The second-order valence-corrected chi connectivity index (χ2v) is 8.39. The van der Waals surface area contributed by atoms with Gasteiger partial charge in [-0.3, -0.25) is 14.0 Å². The number of carbonyl (C=O) groups is 1. The zero-order valence-corrected chi connectivity index (χ0v) is 17.2. The fourth-order valence-corrected chi connectivity index (χ4v) is 4.42. The lowest BCUT2D eigenvalue weighted by atomic mass is 9.70. The van der Waals surface area contributed by atoms with E-state index >= 15 is 0 Å². The summed E-state index contributed by atoms with van der Waals surface area (Å²) in [6.45, 7) is 4.01. The number of halogens is 1. The number of carbonyl (C=O) groups excluding carboxylic acids is 1. The van der Waals surface area contributed by atoms with Gasteiger partial charge in [0.25, 0.3) is 11.5 Å². The van der Waals surface area contributed by atoms with E-state index in [0.717, 1.165) is 44.1 Å². The maximum atomic E-state index is 14.8. The Balaban J connectivity index is 1.64. The number of nitrogens with zero attached hydrogens (tertiary/aromatic N) is 1. The Hall–Kier alpha value is -3.09. The Morgan fingerprint density at radius 3 is 2.70 bits per heavy atom. The van der Waals surface area contributed by atoms with Crippen molar-refractivity contribution in [1.29, 1.82) is 0 Å². The van der Waals surface area contributed by atoms with Crippen LogP contribution in [0.15, 0.2) is 35.4 Å². The molecule has 0 bridgehead atoms. The number of fused-ring (bicyclic) bond motifs is 1. The molecule has 1 amide bonds. The van der Waals surface area contributed by atoms with Gasteiger partial charge in [-0.2, -0.15) is 0 Å². The molecule has 158 valence electrons. The third-order valence-corrected chi connectivity index (χ3v) is 6.28. The predicted molar refractivity (Wildman–Crippen MR) is 114 cm³/mol. The first kappa shape index (κ1) is 20.2. The molecule has 6 nitrogen and oxygen atoms in total. The molecule has 3 aromatic rings. The van der Waals surface area contributed by atoms with Gasteiger partial charge in [0.2, 0.25) is 0 Å². The van der Waals surface area contributed by atoms with Crippen LogP contribution in [0.25, 0.3) is 5.65 Å². The van der Waals surface area contributed by atoms with Crippen molar-refractivity contribution in [2.75, 3.05) is 5.32 Å². The highest BCUT2D eigenvalue weighted by molar-refractivity contribution is 6.04. The molecule has 0 aliphatic heterocycles. The van der Waals surface area contributed by atoms with Crippen LogP contribution in [0.1, 0.15) is 67.4 Å². The number of amides is 1. The van der Waals surface area contributed by atoms with Gasteiger partial charge in [0, 0.05) is 24.0 Å². The van der Waals surface area contributed by atoms with E-state index in [2.05, 4.69) is 10.3 Å². The SMILES string of the molecule is CCc1cc2[nH]cc(C(=O)Nc3cc(O)c(C4(C)CCCCC4)cc3F)c(=O)n2c1. The van der Waals surface area contributed by atoms with Crippen molar-refractivity contribution in [3.63, 3.8) is 0 Å². The van der Waals surface area contributed by atoms with E-state index < -0.39 is 17.3 Å². The Labute approximate surface area is 173 Å². The molecule has 7 heteroatoms. The number of rotatable bonds is 4. The summed E-state index contributed by atoms with van der Waals surface area (Å²) in [6, 6.07) is 4.38. The van der Waals surface area contributed by atoms with Gasteiger partial charge in [-0.05, 0) is 42.4 Å². The van der Waals surface area contributed by atoms with Gasteiger partial charge in [-0.25, -0.2) is 4.39 Å². The fourth-order valence-electron chi connectivity index (χ4n) is 4.42. The number of aromatic amines is 1. The van der Waals surface area contributed by atoms with Crippen molar-refractivity contribution >= 4 is 17.2 Å². The van der Waals surface area contributed by atoms with Crippen LogP contribution in [0.2, 0.25) is 0 Å². The number of phenolic OH excluding ortho intramolecular Hbond substituents is 1. The molecule has 3 N–H and O–H groups in total. The first-order valence-corrected chi connectivity index (χ1v) is 10.4. The lowest BCUT2D eigenvalue weighted by Crippen LogP contribution is -2.27. The summed E-state index contributed by atoms with van der Waals surface area (Å²) in [5.74, 6) is -1.41. The largest absolute Gasteiger partial charge is 0.508 e. The molecule has 0 atom stereocenters. The second kappa shape index (κ2) is 7.63. The van der Waals surface area contributed by atoms with E-state index in [1.807, 2.05) is 19.9 Å². The number of H-pyrrole nitrogens is 1. The molecule has 1 aliphatic carbocycles. The maximum absolute atomic E-state index is 14.8. The summed E-state index contributed by atoms with van der Waals surface area (Å²) < 4.78 is 16.2. The van der Waals surface area contributed by atoms with Gasteiger partial charge in [-0.15, -0.1) is 0 Å². The fraction of sp³-hybridized carbons (Fsp3) is 0.391. The van der Waals surface area contributed by atoms with Crippen molar-refractivity contribution in [3.05, 3.63) is 63.5 Å². The van der Waals surface area contributed by atoms with Gasteiger partial charge in [0.15, 0.2) is 0 Å². The van der Waals surface area contributed by atoms with Crippen LogP contribution in [0.3, 0.4) is 0 Å². The molecule has 0 unspecified atom stereocenters. The number of benzene rings is 1. The Morgan fingerprint density at radius 2 is 2.00 bits per heavy atom. The summed E-state index contributed by atoms with van der Waals surface area (Å²) in [5, 5.41) is 13.0. The lowest BCUT2D eigenvalue weighted by Gasteiger charge is -2.34. The molecular weight excluding hydrogens is 385 g/mol. The number of aryl methyl sites for hydroxylation is 1. The highest BCUT2D eigenvalue weighted by Gasteiger charge is 2.32. The van der Waals surface area contributed by atoms with Crippen molar-refractivity contribution in [3.8, 4) is 5.75 Å². The second-order valence-electron chi connectivity index (χ2n) is 8.39. The van der Waals surface area contributed by atoms with Crippen LogP contribution in [0.4, 0.5) is 10.1 Å². The quantitative estimate of drug-likeness (QED) is 0.590. The highest BCUT2D eigenvalue weighted by Crippen LogP contribution is 2.44. The number of aromatic hydroxyl groups is 1. The van der Waals surface area contributed by atoms with E-state index in [-0.39, 0.29) is 22.4 Å². The van der Waals surface area contributed by atoms with Crippen molar-refractivity contribution in [1.82, 2.24) is 9.38 Å². The number of hydrogen-bond donors (Lipinski definition) is 3. The van der Waals surface area contributed by atoms with Crippen molar-refractivity contribution < 1.29 is 14.3 Å². The zero-order valence-electron chi connectivity index (χ0n) is 17.2. The molecular formula is C23H26FN3O3. The molecule has 30 heavy (non-hydrogen) atoms. The van der Waals surface area contributed by atoms with E-state index in [1.54, 1.807) is 6.20 Å². The van der Waals surface area contributed by atoms with Crippen LogP contribution >= 0.6 is 0 Å². The number of aromatic nitrogens is 2. The molecule has 1 aromatic carbocycles. The van der Waals surface area contributed by atoms with Crippen LogP contribution < -0.4 is 10.9 Å². The standard InChI is InChI=1S/C23H26FN3O3/c1-3-14-9-20-25-12-15(22(30)27(20)13-14)21(29)26-18-11-19(28)16(10-17(18)24)23(2)7-5-4-6-8-23/h9-13,25,28H,3-8H2,1-2H3,(H,26,29). The average molecular weight is 411 g/mol. The van der Waals surface area contributed by atoms with Gasteiger partial charge in [-0.1, -0.05) is 33.1 Å². The number of nitrogens with one attached hydrogen (secondary N) is 2. The highest BCUT2D eigenvalue weighted by atomic mass is 19.1. The summed E-state index contributed by atoms with van der Waals surface area (Å²) >= 11 is 0. The van der Waals surface area contributed by atoms with Crippen LogP contribution in [0.5, 0.6) is 5.75 Å². The molecule has 0 radical (unpaired) electrons. The van der Waals surface area contributed by atoms with Crippen LogP contribution in [0, 0.1) is 5.82 Å². The van der Waals surface area contributed by atoms with E-state index in [0.29, 0.717) is 11.2 Å². The summed E-state index contributed by atoms with van der Waals surface area (Å²) in [4.78, 5) is 28.3. The van der Waals surface area contributed by atoms with Crippen LogP contribution in [-0.2, 0) is 11.8 Å². The molecule has 1 saturated carbocycles. The zero-order chi connectivity index (χ0) is 21.5. The summed E-state index contributed by atoms with van der Waals surface area (Å²) in [7, 11) is 0. The minimum Gasteiger partial charge on any atom is -0.508 e. The van der Waals surface area contributed by atoms with Gasteiger partial charge < -0.3 is 15.4 Å². The van der Waals surface area contributed by atoms with Gasteiger partial charge in [0.1, 0.15) is 22.8 Å². The number of hydrogen-bond acceptors (Lipinski definition) is 3. The smallest absolute Gasteiger partial charge is 0.270 e. The van der Waals surface area contributed by atoms with Gasteiger partial charge in [0.05, 0.1) is 5.69 Å².